The monoisotopic (exact) mass is 491 g/mol. The SMILES string of the molecule is Cc1noc(C)c1S(=O)(=O)N1CCCN(Cc2cn(-c3ccccc3)nc2-c2ccccc2)CC1. The number of para-hydroxylation sites is 1. The molecule has 0 saturated carbocycles. The maximum Gasteiger partial charge on any atom is 0.248 e. The van der Waals surface area contributed by atoms with Crippen molar-refractivity contribution in [2.75, 3.05) is 26.2 Å². The minimum atomic E-state index is -3.65. The van der Waals surface area contributed by atoms with E-state index in [1.165, 1.54) is 0 Å². The maximum atomic E-state index is 13.3. The number of nitrogens with zero attached hydrogens (tertiary/aromatic N) is 5. The molecule has 0 atom stereocenters. The molecule has 0 unspecified atom stereocenters. The molecule has 0 aliphatic carbocycles. The van der Waals surface area contributed by atoms with Crippen LogP contribution in [0.15, 0.2) is 76.3 Å². The molecule has 182 valence electrons. The Morgan fingerprint density at radius 3 is 2.31 bits per heavy atom. The molecule has 9 heteroatoms. The summed E-state index contributed by atoms with van der Waals surface area (Å²) in [6, 6.07) is 20.2. The summed E-state index contributed by atoms with van der Waals surface area (Å²) >= 11 is 0. The maximum absolute atomic E-state index is 13.3. The Labute approximate surface area is 205 Å². The fourth-order valence-electron chi connectivity index (χ4n) is 4.64. The van der Waals surface area contributed by atoms with E-state index in [-0.39, 0.29) is 4.90 Å². The molecule has 2 aromatic heterocycles. The second kappa shape index (κ2) is 9.77. The number of hydrogen-bond donors (Lipinski definition) is 0. The number of hydrogen-bond acceptors (Lipinski definition) is 6. The van der Waals surface area contributed by atoms with Crippen LogP contribution >= 0.6 is 0 Å². The summed E-state index contributed by atoms with van der Waals surface area (Å²) in [5.41, 5.74) is 4.53. The summed E-state index contributed by atoms with van der Waals surface area (Å²) in [6.45, 7) is 6.33. The summed E-state index contributed by atoms with van der Waals surface area (Å²) in [6.07, 6.45) is 2.83. The Hall–Kier alpha value is -3.27. The van der Waals surface area contributed by atoms with Crippen molar-refractivity contribution in [1.82, 2.24) is 24.1 Å². The molecule has 0 radical (unpaired) electrons. The van der Waals surface area contributed by atoms with Crippen LogP contribution in [0.25, 0.3) is 16.9 Å². The number of benzene rings is 2. The van der Waals surface area contributed by atoms with E-state index < -0.39 is 10.0 Å². The minimum Gasteiger partial charge on any atom is -0.360 e. The topological polar surface area (TPSA) is 84.5 Å². The van der Waals surface area contributed by atoms with Gasteiger partial charge in [0.1, 0.15) is 10.6 Å². The van der Waals surface area contributed by atoms with E-state index in [9.17, 15) is 8.42 Å². The van der Waals surface area contributed by atoms with Gasteiger partial charge in [0.25, 0.3) is 0 Å². The predicted molar refractivity (Wildman–Crippen MR) is 134 cm³/mol. The Kier molecular flexibility index (Phi) is 6.55. The van der Waals surface area contributed by atoms with E-state index in [2.05, 4.69) is 28.4 Å². The molecule has 1 aliphatic rings. The Morgan fingerprint density at radius 1 is 0.914 bits per heavy atom. The third kappa shape index (κ3) is 4.80. The number of aryl methyl sites for hydroxylation is 2. The van der Waals surface area contributed by atoms with Crippen LogP contribution in [0.2, 0.25) is 0 Å². The van der Waals surface area contributed by atoms with E-state index in [0.29, 0.717) is 37.6 Å². The van der Waals surface area contributed by atoms with Crippen molar-refractivity contribution >= 4 is 10.0 Å². The average Bonchev–Trinajstić information content (AvgIpc) is 3.35. The number of rotatable bonds is 6. The van der Waals surface area contributed by atoms with Crippen LogP contribution in [0.1, 0.15) is 23.4 Å². The van der Waals surface area contributed by atoms with Gasteiger partial charge in [-0.3, -0.25) is 4.90 Å². The molecule has 5 rings (SSSR count). The van der Waals surface area contributed by atoms with Gasteiger partial charge in [0, 0.05) is 43.5 Å². The van der Waals surface area contributed by atoms with E-state index in [1.54, 1.807) is 18.2 Å². The summed E-state index contributed by atoms with van der Waals surface area (Å²) in [5.74, 6) is 0.337. The summed E-state index contributed by atoms with van der Waals surface area (Å²) in [5, 5.41) is 8.75. The molecular weight excluding hydrogens is 462 g/mol. The molecule has 2 aromatic carbocycles. The molecule has 1 fully saturated rings. The van der Waals surface area contributed by atoms with Gasteiger partial charge in [0.2, 0.25) is 10.0 Å². The first-order valence-electron chi connectivity index (χ1n) is 11.8. The molecule has 3 heterocycles. The Balaban J connectivity index is 1.38. The lowest BCUT2D eigenvalue weighted by Gasteiger charge is -2.21. The normalized spacial score (nSPS) is 15.8. The number of sulfonamides is 1. The highest BCUT2D eigenvalue weighted by Crippen LogP contribution is 2.27. The van der Waals surface area contributed by atoms with Crippen molar-refractivity contribution in [3.63, 3.8) is 0 Å². The van der Waals surface area contributed by atoms with Gasteiger partial charge in [-0.25, -0.2) is 13.1 Å². The van der Waals surface area contributed by atoms with Crippen molar-refractivity contribution in [3.8, 4) is 16.9 Å². The molecule has 0 spiro atoms. The summed E-state index contributed by atoms with van der Waals surface area (Å²) in [7, 11) is -3.65. The second-order valence-corrected chi connectivity index (χ2v) is 10.7. The lowest BCUT2D eigenvalue weighted by molar-refractivity contribution is 0.279. The molecule has 8 nitrogen and oxygen atoms in total. The van der Waals surface area contributed by atoms with Gasteiger partial charge < -0.3 is 4.52 Å². The van der Waals surface area contributed by atoms with E-state index in [1.807, 2.05) is 53.2 Å². The van der Waals surface area contributed by atoms with Crippen LogP contribution in [-0.4, -0.2) is 58.7 Å². The molecule has 0 bridgehead atoms. The van der Waals surface area contributed by atoms with E-state index >= 15 is 0 Å². The Morgan fingerprint density at radius 2 is 1.63 bits per heavy atom. The van der Waals surface area contributed by atoms with Gasteiger partial charge in [-0.1, -0.05) is 53.7 Å². The van der Waals surface area contributed by atoms with Crippen molar-refractivity contribution in [3.05, 3.63) is 83.9 Å². The zero-order valence-electron chi connectivity index (χ0n) is 20.0. The van der Waals surface area contributed by atoms with Crippen molar-refractivity contribution in [1.29, 1.82) is 0 Å². The minimum absolute atomic E-state index is 0.196. The van der Waals surface area contributed by atoms with Gasteiger partial charge in [-0.05, 0) is 38.9 Å². The lowest BCUT2D eigenvalue weighted by Crippen LogP contribution is -2.35. The highest BCUT2D eigenvalue weighted by molar-refractivity contribution is 7.89. The largest absolute Gasteiger partial charge is 0.360 e. The second-order valence-electron chi connectivity index (χ2n) is 8.84. The van der Waals surface area contributed by atoms with Gasteiger partial charge in [0.05, 0.1) is 11.4 Å². The van der Waals surface area contributed by atoms with E-state index in [0.717, 1.165) is 35.5 Å². The third-order valence-corrected chi connectivity index (χ3v) is 8.51. The molecule has 1 saturated heterocycles. The van der Waals surface area contributed by atoms with Gasteiger partial charge >= 0.3 is 0 Å². The van der Waals surface area contributed by atoms with Crippen LogP contribution in [-0.2, 0) is 16.6 Å². The third-order valence-electron chi connectivity index (χ3n) is 6.37. The molecule has 35 heavy (non-hydrogen) atoms. The first-order valence-corrected chi connectivity index (χ1v) is 13.2. The van der Waals surface area contributed by atoms with Gasteiger partial charge in [-0.15, -0.1) is 0 Å². The zero-order chi connectivity index (χ0) is 24.4. The Bertz CT molecular complexity index is 1380. The van der Waals surface area contributed by atoms with Crippen LogP contribution in [0.3, 0.4) is 0 Å². The number of aromatic nitrogens is 3. The fourth-order valence-corrected chi connectivity index (χ4v) is 6.40. The fraction of sp³-hybridized carbons (Fsp3) is 0.308. The van der Waals surface area contributed by atoms with Gasteiger partial charge in [-0.2, -0.15) is 9.40 Å². The van der Waals surface area contributed by atoms with Crippen molar-refractivity contribution < 1.29 is 12.9 Å². The lowest BCUT2D eigenvalue weighted by atomic mass is 10.1. The molecule has 1 aliphatic heterocycles. The quantitative estimate of drug-likeness (QED) is 0.405. The zero-order valence-corrected chi connectivity index (χ0v) is 20.8. The molecular formula is C26H29N5O3S. The molecule has 4 aromatic rings. The van der Waals surface area contributed by atoms with Crippen LogP contribution in [0, 0.1) is 13.8 Å². The smallest absolute Gasteiger partial charge is 0.248 e. The first kappa shape index (κ1) is 23.5. The predicted octanol–water partition coefficient (Wildman–Crippen LogP) is 4.04. The standard InChI is InChI=1S/C26H29N5O3S/c1-20-26(21(2)34-28-20)35(32,33)30-15-9-14-29(16-17-30)18-23-19-31(24-12-7-4-8-13-24)27-25(23)22-10-5-3-6-11-22/h3-8,10-13,19H,9,14-18H2,1-2H3. The highest BCUT2D eigenvalue weighted by Gasteiger charge is 2.32. The van der Waals surface area contributed by atoms with Crippen LogP contribution in [0.5, 0.6) is 0 Å². The average molecular weight is 492 g/mol. The highest BCUT2D eigenvalue weighted by atomic mass is 32.2. The summed E-state index contributed by atoms with van der Waals surface area (Å²) < 4.78 is 35.2. The van der Waals surface area contributed by atoms with Crippen LogP contribution < -0.4 is 0 Å². The summed E-state index contributed by atoms with van der Waals surface area (Å²) in [4.78, 5) is 2.50. The van der Waals surface area contributed by atoms with Gasteiger partial charge in [0.15, 0.2) is 5.76 Å². The molecule has 0 N–H and O–H groups in total. The van der Waals surface area contributed by atoms with Crippen molar-refractivity contribution in [2.24, 2.45) is 0 Å². The van der Waals surface area contributed by atoms with Crippen LogP contribution in [0.4, 0.5) is 0 Å². The first-order chi connectivity index (χ1) is 16.9. The van der Waals surface area contributed by atoms with Crippen molar-refractivity contribution in [2.45, 2.75) is 31.7 Å². The van der Waals surface area contributed by atoms with E-state index in [4.69, 9.17) is 9.62 Å². The molecule has 0 amide bonds.